The van der Waals surface area contributed by atoms with Crippen LogP contribution in [0.1, 0.15) is 31.9 Å². The number of nitrogens with one attached hydrogen (secondary N) is 1. The van der Waals surface area contributed by atoms with Crippen LogP contribution in [-0.4, -0.2) is 25.0 Å². The van der Waals surface area contributed by atoms with Gasteiger partial charge in [0.2, 0.25) is 0 Å². The lowest BCUT2D eigenvalue weighted by Gasteiger charge is -2.27. The van der Waals surface area contributed by atoms with Gasteiger partial charge >= 0.3 is 0 Å². The summed E-state index contributed by atoms with van der Waals surface area (Å²) in [6.07, 6.45) is 0. The number of rotatable bonds is 6. The van der Waals surface area contributed by atoms with Gasteiger partial charge in [-0.25, -0.2) is 0 Å². The zero-order chi connectivity index (χ0) is 12.8. The molecule has 1 N–H and O–H groups in total. The van der Waals surface area contributed by atoms with Gasteiger partial charge in [0.25, 0.3) is 0 Å². The summed E-state index contributed by atoms with van der Waals surface area (Å²) in [5.41, 5.74) is 2.73. The van der Waals surface area contributed by atoms with Gasteiger partial charge in [0.05, 0.1) is 0 Å². The van der Waals surface area contributed by atoms with E-state index in [1.807, 2.05) is 7.05 Å². The van der Waals surface area contributed by atoms with Crippen LogP contribution in [0.15, 0.2) is 24.3 Å². The molecule has 0 aliphatic carbocycles. The van der Waals surface area contributed by atoms with Gasteiger partial charge in [0, 0.05) is 19.1 Å². The molecule has 0 saturated heterocycles. The molecule has 0 spiro atoms. The first-order valence-corrected chi connectivity index (χ1v) is 6.47. The molecule has 1 atom stereocenters. The van der Waals surface area contributed by atoms with E-state index >= 15 is 0 Å². The molecule has 0 aliphatic heterocycles. The fourth-order valence-electron chi connectivity index (χ4n) is 1.91. The van der Waals surface area contributed by atoms with Crippen LogP contribution in [-0.2, 0) is 13.1 Å². The number of nitrogens with zero attached hydrogens (tertiary/aromatic N) is 1. The molecular weight excluding hydrogens is 208 g/mol. The molecule has 1 aromatic rings. The predicted molar refractivity (Wildman–Crippen MR) is 75.0 cm³/mol. The molecule has 1 aromatic carbocycles. The summed E-state index contributed by atoms with van der Waals surface area (Å²) < 4.78 is 0. The minimum Gasteiger partial charge on any atom is -0.316 e. The fraction of sp³-hybridized carbons (Fsp3) is 0.600. The Hall–Kier alpha value is -0.860. The SMILES string of the molecule is CNCc1ccc(CN(C)C(C)C(C)C)cc1. The second-order valence-electron chi connectivity index (χ2n) is 5.25. The van der Waals surface area contributed by atoms with E-state index in [-0.39, 0.29) is 0 Å². The third-order valence-electron chi connectivity index (χ3n) is 3.50. The van der Waals surface area contributed by atoms with Crippen molar-refractivity contribution in [3.63, 3.8) is 0 Å². The molecule has 96 valence electrons. The lowest BCUT2D eigenvalue weighted by atomic mass is 10.0. The van der Waals surface area contributed by atoms with Gasteiger partial charge in [0.15, 0.2) is 0 Å². The monoisotopic (exact) mass is 234 g/mol. The van der Waals surface area contributed by atoms with Crippen LogP contribution in [0.4, 0.5) is 0 Å². The zero-order valence-corrected chi connectivity index (χ0v) is 11.8. The Bertz CT molecular complexity index is 316. The maximum atomic E-state index is 3.17. The number of hydrogen-bond donors (Lipinski definition) is 1. The average molecular weight is 234 g/mol. The van der Waals surface area contributed by atoms with E-state index in [0.29, 0.717) is 12.0 Å². The lowest BCUT2D eigenvalue weighted by Crippen LogP contribution is -2.32. The summed E-state index contributed by atoms with van der Waals surface area (Å²) >= 11 is 0. The molecule has 1 rings (SSSR count). The first kappa shape index (κ1) is 14.2. The highest BCUT2D eigenvalue weighted by Crippen LogP contribution is 2.13. The van der Waals surface area contributed by atoms with Crippen LogP contribution in [0.25, 0.3) is 0 Å². The highest BCUT2D eigenvalue weighted by molar-refractivity contribution is 5.22. The predicted octanol–water partition coefficient (Wildman–Crippen LogP) is 2.88. The molecule has 0 bridgehead atoms. The van der Waals surface area contributed by atoms with Crippen molar-refractivity contribution in [3.8, 4) is 0 Å². The van der Waals surface area contributed by atoms with Crippen LogP contribution in [0.3, 0.4) is 0 Å². The maximum absolute atomic E-state index is 3.17. The molecule has 0 aliphatic rings. The summed E-state index contributed by atoms with van der Waals surface area (Å²) in [7, 11) is 4.18. The normalized spacial score (nSPS) is 13.4. The molecule has 0 radical (unpaired) electrons. The molecule has 17 heavy (non-hydrogen) atoms. The van der Waals surface area contributed by atoms with Crippen molar-refractivity contribution < 1.29 is 0 Å². The maximum Gasteiger partial charge on any atom is 0.0233 e. The van der Waals surface area contributed by atoms with E-state index in [4.69, 9.17) is 0 Å². The van der Waals surface area contributed by atoms with Crippen molar-refractivity contribution in [1.82, 2.24) is 10.2 Å². The van der Waals surface area contributed by atoms with Crippen molar-refractivity contribution >= 4 is 0 Å². The van der Waals surface area contributed by atoms with Crippen molar-refractivity contribution in [2.75, 3.05) is 14.1 Å². The minimum absolute atomic E-state index is 0.618. The molecule has 2 nitrogen and oxygen atoms in total. The quantitative estimate of drug-likeness (QED) is 0.814. The fourth-order valence-corrected chi connectivity index (χ4v) is 1.91. The Morgan fingerprint density at radius 1 is 1.06 bits per heavy atom. The highest BCUT2D eigenvalue weighted by Gasteiger charge is 2.12. The summed E-state index contributed by atoms with van der Waals surface area (Å²) in [5.74, 6) is 0.698. The lowest BCUT2D eigenvalue weighted by molar-refractivity contribution is 0.200. The second-order valence-corrected chi connectivity index (χ2v) is 5.25. The van der Waals surface area contributed by atoms with E-state index in [1.54, 1.807) is 0 Å². The van der Waals surface area contributed by atoms with Crippen LogP contribution >= 0.6 is 0 Å². The van der Waals surface area contributed by atoms with Crippen molar-refractivity contribution in [1.29, 1.82) is 0 Å². The van der Waals surface area contributed by atoms with Gasteiger partial charge in [-0.1, -0.05) is 38.1 Å². The van der Waals surface area contributed by atoms with Gasteiger partial charge in [-0.15, -0.1) is 0 Å². The van der Waals surface area contributed by atoms with Crippen molar-refractivity contribution in [3.05, 3.63) is 35.4 Å². The molecule has 0 fully saturated rings. The first-order chi connectivity index (χ1) is 8.04. The smallest absolute Gasteiger partial charge is 0.0233 e. The van der Waals surface area contributed by atoms with E-state index in [1.165, 1.54) is 11.1 Å². The van der Waals surface area contributed by atoms with E-state index < -0.39 is 0 Å². The van der Waals surface area contributed by atoms with Gasteiger partial charge in [0.1, 0.15) is 0 Å². The van der Waals surface area contributed by atoms with Crippen LogP contribution in [0.2, 0.25) is 0 Å². The highest BCUT2D eigenvalue weighted by atomic mass is 15.1. The van der Waals surface area contributed by atoms with Crippen LogP contribution in [0.5, 0.6) is 0 Å². The Morgan fingerprint density at radius 3 is 2.06 bits per heavy atom. The number of hydrogen-bond acceptors (Lipinski definition) is 2. The Kier molecular flexibility index (Phi) is 5.66. The molecule has 0 saturated carbocycles. The van der Waals surface area contributed by atoms with Gasteiger partial charge < -0.3 is 5.32 Å². The van der Waals surface area contributed by atoms with Crippen molar-refractivity contribution in [2.24, 2.45) is 5.92 Å². The molecule has 1 unspecified atom stereocenters. The zero-order valence-electron chi connectivity index (χ0n) is 11.8. The molecule has 2 heteroatoms. The molecule has 0 amide bonds. The van der Waals surface area contributed by atoms with E-state index in [2.05, 4.69) is 62.3 Å². The van der Waals surface area contributed by atoms with E-state index in [0.717, 1.165) is 13.1 Å². The second kappa shape index (κ2) is 6.77. The van der Waals surface area contributed by atoms with E-state index in [9.17, 15) is 0 Å². The van der Waals surface area contributed by atoms with Crippen LogP contribution in [0, 0.1) is 5.92 Å². The Labute approximate surface area is 106 Å². The van der Waals surface area contributed by atoms with Gasteiger partial charge in [-0.3, -0.25) is 4.90 Å². The molecule has 0 aromatic heterocycles. The topological polar surface area (TPSA) is 15.3 Å². The first-order valence-electron chi connectivity index (χ1n) is 6.47. The summed E-state index contributed by atoms with van der Waals surface area (Å²) in [6, 6.07) is 9.50. The third kappa shape index (κ3) is 4.49. The molecule has 0 heterocycles. The largest absolute Gasteiger partial charge is 0.316 e. The minimum atomic E-state index is 0.618. The number of benzene rings is 1. The van der Waals surface area contributed by atoms with Crippen molar-refractivity contribution in [2.45, 2.75) is 39.9 Å². The Balaban J connectivity index is 2.56. The van der Waals surface area contributed by atoms with Gasteiger partial charge in [-0.05, 0) is 38.1 Å². The Morgan fingerprint density at radius 2 is 1.59 bits per heavy atom. The standard InChI is InChI=1S/C15H26N2/c1-12(2)13(3)17(5)11-15-8-6-14(7-9-15)10-16-4/h6-9,12-13,16H,10-11H2,1-5H3. The average Bonchev–Trinajstić information content (AvgIpc) is 2.30. The van der Waals surface area contributed by atoms with Gasteiger partial charge in [-0.2, -0.15) is 0 Å². The molecular formula is C15H26N2. The summed E-state index contributed by atoms with van der Waals surface area (Å²) in [6.45, 7) is 8.81. The third-order valence-corrected chi connectivity index (χ3v) is 3.50. The summed E-state index contributed by atoms with van der Waals surface area (Å²) in [5, 5.41) is 3.17. The van der Waals surface area contributed by atoms with Crippen LogP contribution < -0.4 is 5.32 Å². The summed E-state index contributed by atoms with van der Waals surface area (Å²) in [4.78, 5) is 2.41.